The van der Waals surface area contributed by atoms with Crippen LogP contribution in [-0.2, 0) is 20.9 Å². The topological polar surface area (TPSA) is 58.6 Å². The first kappa shape index (κ1) is 18.2. The van der Waals surface area contributed by atoms with Gasteiger partial charge in [0, 0.05) is 20.0 Å². The molecule has 0 bridgehead atoms. The van der Waals surface area contributed by atoms with Crippen molar-refractivity contribution in [3.05, 3.63) is 35.9 Å². The van der Waals surface area contributed by atoms with Gasteiger partial charge in [0.05, 0.1) is 12.7 Å². The van der Waals surface area contributed by atoms with Gasteiger partial charge in [-0.1, -0.05) is 44.2 Å². The van der Waals surface area contributed by atoms with Gasteiger partial charge in [0.25, 0.3) is 0 Å². The van der Waals surface area contributed by atoms with Crippen LogP contribution in [0.1, 0.15) is 26.3 Å². The van der Waals surface area contributed by atoms with Crippen molar-refractivity contribution in [2.24, 2.45) is 5.92 Å². The summed E-state index contributed by atoms with van der Waals surface area (Å²) in [7, 11) is 3.33. The molecule has 0 aliphatic rings. The smallest absolute Gasteiger partial charge is 0.247 e. The number of likely N-dealkylation sites (N-methyl/N-ethyl adjacent to an activating group) is 1. The van der Waals surface area contributed by atoms with Gasteiger partial charge in [0.15, 0.2) is 0 Å². The summed E-state index contributed by atoms with van der Waals surface area (Å²) in [5, 5.41) is 2.78. The van der Waals surface area contributed by atoms with E-state index in [4.69, 9.17) is 4.74 Å². The standard InChI is InChI=1S/C17H26N2O3/c1-12(2)16(20)18-15(17(21)19(4)5)13(3)22-11-14-9-7-6-8-10-14/h6-10,12-13,15H,11H2,1-5H3,(H,18,20). The van der Waals surface area contributed by atoms with Gasteiger partial charge in [0.1, 0.15) is 6.04 Å². The third kappa shape index (κ3) is 5.48. The number of carbonyl (C=O) groups is 2. The van der Waals surface area contributed by atoms with E-state index in [9.17, 15) is 9.59 Å². The average Bonchev–Trinajstić information content (AvgIpc) is 2.50. The number of hydrogen-bond donors (Lipinski definition) is 1. The van der Waals surface area contributed by atoms with E-state index in [1.54, 1.807) is 34.9 Å². The summed E-state index contributed by atoms with van der Waals surface area (Å²) >= 11 is 0. The predicted octanol–water partition coefficient (Wildman–Crippen LogP) is 1.82. The third-order valence-corrected chi connectivity index (χ3v) is 3.35. The molecule has 0 spiro atoms. The summed E-state index contributed by atoms with van der Waals surface area (Å²) in [6, 6.07) is 9.05. The summed E-state index contributed by atoms with van der Waals surface area (Å²) < 4.78 is 5.78. The van der Waals surface area contributed by atoms with Gasteiger partial charge in [-0.05, 0) is 12.5 Å². The van der Waals surface area contributed by atoms with Crippen LogP contribution in [0, 0.1) is 5.92 Å². The monoisotopic (exact) mass is 306 g/mol. The summed E-state index contributed by atoms with van der Waals surface area (Å²) in [5.74, 6) is -0.510. The fraction of sp³-hybridized carbons (Fsp3) is 0.529. The van der Waals surface area contributed by atoms with Gasteiger partial charge in [0.2, 0.25) is 11.8 Å². The quantitative estimate of drug-likeness (QED) is 0.836. The lowest BCUT2D eigenvalue weighted by Gasteiger charge is -2.27. The van der Waals surface area contributed by atoms with Crippen molar-refractivity contribution in [3.8, 4) is 0 Å². The molecule has 0 fully saturated rings. The van der Waals surface area contributed by atoms with Gasteiger partial charge in [-0.3, -0.25) is 9.59 Å². The summed E-state index contributed by atoms with van der Waals surface area (Å²) in [4.78, 5) is 25.7. The van der Waals surface area contributed by atoms with Crippen molar-refractivity contribution in [1.29, 1.82) is 0 Å². The molecule has 1 rings (SSSR count). The number of nitrogens with one attached hydrogen (secondary N) is 1. The molecule has 5 nitrogen and oxygen atoms in total. The van der Waals surface area contributed by atoms with Gasteiger partial charge >= 0.3 is 0 Å². The molecular formula is C17H26N2O3. The molecule has 22 heavy (non-hydrogen) atoms. The van der Waals surface area contributed by atoms with E-state index in [1.807, 2.05) is 30.3 Å². The molecule has 1 N–H and O–H groups in total. The van der Waals surface area contributed by atoms with Crippen LogP contribution < -0.4 is 5.32 Å². The van der Waals surface area contributed by atoms with Crippen molar-refractivity contribution in [2.75, 3.05) is 14.1 Å². The number of carbonyl (C=O) groups excluding carboxylic acids is 2. The highest BCUT2D eigenvalue weighted by molar-refractivity contribution is 5.88. The van der Waals surface area contributed by atoms with E-state index < -0.39 is 12.1 Å². The number of amides is 2. The maximum Gasteiger partial charge on any atom is 0.247 e. The van der Waals surface area contributed by atoms with Crippen LogP contribution in [0.3, 0.4) is 0 Å². The number of hydrogen-bond acceptors (Lipinski definition) is 3. The van der Waals surface area contributed by atoms with Crippen LogP contribution in [-0.4, -0.2) is 43.0 Å². The highest BCUT2D eigenvalue weighted by Crippen LogP contribution is 2.09. The Balaban J connectivity index is 2.72. The van der Waals surface area contributed by atoms with E-state index in [1.165, 1.54) is 4.90 Å². The minimum Gasteiger partial charge on any atom is -0.371 e. The molecule has 0 aliphatic carbocycles. The second-order valence-corrected chi connectivity index (χ2v) is 5.88. The van der Waals surface area contributed by atoms with Crippen molar-refractivity contribution in [2.45, 2.75) is 39.5 Å². The third-order valence-electron chi connectivity index (χ3n) is 3.35. The molecule has 122 valence electrons. The van der Waals surface area contributed by atoms with Gasteiger partial charge < -0.3 is 15.0 Å². The Bertz CT molecular complexity index is 486. The SMILES string of the molecule is CC(C)C(=O)NC(C(=O)N(C)C)C(C)OCc1ccccc1. The molecule has 0 radical (unpaired) electrons. The number of benzene rings is 1. The molecule has 0 aromatic heterocycles. The highest BCUT2D eigenvalue weighted by Gasteiger charge is 2.29. The zero-order chi connectivity index (χ0) is 16.7. The number of ether oxygens (including phenoxy) is 1. The fourth-order valence-electron chi connectivity index (χ4n) is 1.88. The van der Waals surface area contributed by atoms with Crippen LogP contribution in [0.15, 0.2) is 30.3 Å². The zero-order valence-corrected chi connectivity index (χ0v) is 14.0. The van der Waals surface area contributed by atoms with E-state index in [-0.39, 0.29) is 17.7 Å². The second-order valence-electron chi connectivity index (χ2n) is 5.88. The summed E-state index contributed by atoms with van der Waals surface area (Å²) in [5.41, 5.74) is 1.03. The number of nitrogens with zero attached hydrogens (tertiary/aromatic N) is 1. The van der Waals surface area contributed by atoms with Crippen LogP contribution >= 0.6 is 0 Å². The Morgan fingerprint density at radius 1 is 1.14 bits per heavy atom. The number of rotatable bonds is 7. The predicted molar refractivity (Wildman–Crippen MR) is 86.2 cm³/mol. The summed E-state index contributed by atoms with van der Waals surface area (Å²) in [6.07, 6.45) is -0.419. The maximum atomic E-state index is 12.3. The van der Waals surface area contributed by atoms with E-state index >= 15 is 0 Å². The summed E-state index contributed by atoms with van der Waals surface area (Å²) in [6.45, 7) is 5.79. The van der Waals surface area contributed by atoms with Gasteiger partial charge in [-0.15, -0.1) is 0 Å². The Hall–Kier alpha value is -1.88. The molecule has 0 saturated heterocycles. The molecule has 2 atom stereocenters. The van der Waals surface area contributed by atoms with Gasteiger partial charge in [-0.25, -0.2) is 0 Å². The minimum atomic E-state index is -0.686. The van der Waals surface area contributed by atoms with Crippen LogP contribution in [0.4, 0.5) is 0 Å². The first-order chi connectivity index (χ1) is 10.3. The fourth-order valence-corrected chi connectivity index (χ4v) is 1.88. The second kappa shape index (κ2) is 8.54. The Labute approximate surface area is 132 Å². The van der Waals surface area contributed by atoms with Crippen LogP contribution in [0.2, 0.25) is 0 Å². The van der Waals surface area contributed by atoms with Gasteiger partial charge in [-0.2, -0.15) is 0 Å². The first-order valence-corrected chi connectivity index (χ1v) is 7.50. The van der Waals surface area contributed by atoms with Crippen molar-refractivity contribution in [3.63, 3.8) is 0 Å². The largest absolute Gasteiger partial charge is 0.371 e. The van der Waals surface area contributed by atoms with Crippen LogP contribution in [0.5, 0.6) is 0 Å². The normalized spacial score (nSPS) is 13.5. The van der Waals surface area contributed by atoms with Crippen molar-refractivity contribution < 1.29 is 14.3 Å². The lowest BCUT2D eigenvalue weighted by Crippen LogP contribution is -2.53. The highest BCUT2D eigenvalue weighted by atomic mass is 16.5. The molecule has 5 heteroatoms. The maximum absolute atomic E-state index is 12.3. The Kier molecular flexibility index (Phi) is 7.05. The average molecular weight is 306 g/mol. The van der Waals surface area contributed by atoms with Crippen LogP contribution in [0.25, 0.3) is 0 Å². The molecule has 0 heterocycles. The molecule has 1 aromatic carbocycles. The zero-order valence-electron chi connectivity index (χ0n) is 14.0. The minimum absolute atomic E-state index is 0.157. The van der Waals surface area contributed by atoms with E-state index in [0.29, 0.717) is 6.61 Å². The molecule has 0 aliphatic heterocycles. The lowest BCUT2D eigenvalue weighted by molar-refractivity contribution is -0.139. The van der Waals surface area contributed by atoms with E-state index in [2.05, 4.69) is 5.32 Å². The molecular weight excluding hydrogens is 280 g/mol. The molecule has 2 amide bonds. The first-order valence-electron chi connectivity index (χ1n) is 7.50. The van der Waals surface area contributed by atoms with E-state index in [0.717, 1.165) is 5.56 Å². The molecule has 0 saturated carbocycles. The van der Waals surface area contributed by atoms with Crippen molar-refractivity contribution in [1.82, 2.24) is 10.2 Å². The Morgan fingerprint density at radius 3 is 2.23 bits per heavy atom. The lowest BCUT2D eigenvalue weighted by atomic mass is 10.1. The molecule has 1 aromatic rings. The Morgan fingerprint density at radius 2 is 1.73 bits per heavy atom. The van der Waals surface area contributed by atoms with Crippen molar-refractivity contribution >= 4 is 11.8 Å². The molecule has 2 unspecified atom stereocenters.